The van der Waals surface area contributed by atoms with Crippen molar-refractivity contribution in [3.63, 3.8) is 0 Å². The number of carbonyl (C=O) groups excluding carboxylic acids is 2. The van der Waals surface area contributed by atoms with Crippen LogP contribution < -0.4 is 5.56 Å². The molecule has 0 saturated carbocycles. The molecule has 8 nitrogen and oxygen atoms in total. The fourth-order valence-electron chi connectivity index (χ4n) is 4.76. The zero-order chi connectivity index (χ0) is 21.5. The lowest BCUT2D eigenvalue weighted by Gasteiger charge is -2.29. The van der Waals surface area contributed by atoms with Crippen LogP contribution in [0.3, 0.4) is 0 Å². The van der Waals surface area contributed by atoms with Crippen molar-refractivity contribution in [2.75, 3.05) is 26.3 Å². The van der Waals surface area contributed by atoms with Gasteiger partial charge in [-0.15, -0.1) is 11.3 Å². The predicted octanol–water partition coefficient (Wildman–Crippen LogP) is 2.04. The number of likely N-dealkylation sites (tertiary alicyclic amines) is 1. The van der Waals surface area contributed by atoms with Gasteiger partial charge in [-0.1, -0.05) is 0 Å². The van der Waals surface area contributed by atoms with Gasteiger partial charge in [0.2, 0.25) is 5.91 Å². The van der Waals surface area contributed by atoms with Crippen LogP contribution in [0.4, 0.5) is 0 Å². The van der Waals surface area contributed by atoms with Gasteiger partial charge in [-0.25, -0.2) is 4.98 Å². The molecular weight excluding hydrogens is 416 g/mol. The molecule has 31 heavy (non-hydrogen) atoms. The molecule has 3 aliphatic rings. The molecule has 2 amide bonds. The van der Waals surface area contributed by atoms with Crippen molar-refractivity contribution in [1.29, 1.82) is 0 Å². The summed E-state index contributed by atoms with van der Waals surface area (Å²) in [5, 5.41) is 0. The van der Waals surface area contributed by atoms with E-state index in [1.807, 2.05) is 24.0 Å². The Hall–Kier alpha value is -2.52. The Morgan fingerprint density at radius 3 is 2.87 bits per heavy atom. The number of aromatic amines is 1. The Kier molecular flexibility index (Phi) is 5.39. The Morgan fingerprint density at radius 1 is 1.26 bits per heavy atom. The number of aryl methyl sites for hydroxylation is 1. The largest absolute Gasteiger partial charge is 0.381 e. The number of H-pyrrole nitrogens is 1. The Bertz CT molecular complexity index is 1070. The van der Waals surface area contributed by atoms with Crippen molar-refractivity contribution >= 4 is 23.2 Å². The zero-order valence-electron chi connectivity index (χ0n) is 17.6. The van der Waals surface area contributed by atoms with Crippen molar-refractivity contribution in [3.8, 4) is 0 Å². The van der Waals surface area contributed by atoms with Gasteiger partial charge in [0.05, 0.1) is 41.2 Å². The predicted molar refractivity (Wildman–Crippen MR) is 115 cm³/mol. The molecule has 0 spiro atoms. The van der Waals surface area contributed by atoms with Crippen molar-refractivity contribution in [1.82, 2.24) is 19.8 Å². The first-order valence-electron chi connectivity index (χ1n) is 10.9. The quantitative estimate of drug-likeness (QED) is 0.785. The number of nitrogens with one attached hydrogen (secondary N) is 1. The van der Waals surface area contributed by atoms with Gasteiger partial charge in [0.1, 0.15) is 5.82 Å². The summed E-state index contributed by atoms with van der Waals surface area (Å²) in [5.41, 5.74) is 1.09. The second kappa shape index (κ2) is 8.20. The maximum absolute atomic E-state index is 12.9. The third kappa shape index (κ3) is 3.80. The molecule has 1 N–H and O–H groups in total. The summed E-state index contributed by atoms with van der Waals surface area (Å²) in [7, 11) is 0. The second-order valence-electron chi connectivity index (χ2n) is 8.51. The van der Waals surface area contributed by atoms with Gasteiger partial charge in [-0.05, 0) is 38.3 Å². The molecule has 0 bridgehead atoms. The smallest absolute Gasteiger partial charge is 0.264 e. The lowest BCUT2D eigenvalue weighted by molar-refractivity contribution is -0.136. The average molecular weight is 443 g/mol. The van der Waals surface area contributed by atoms with Crippen LogP contribution >= 0.6 is 11.3 Å². The molecule has 0 unspecified atom stereocenters. The minimum absolute atomic E-state index is 0.0430. The maximum Gasteiger partial charge on any atom is 0.264 e. The highest BCUT2D eigenvalue weighted by molar-refractivity contribution is 7.13. The van der Waals surface area contributed by atoms with Gasteiger partial charge in [0.25, 0.3) is 11.5 Å². The summed E-state index contributed by atoms with van der Waals surface area (Å²) >= 11 is 1.47. The van der Waals surface area contributed by atoms with E-state index in [2.05, 4.69) is 4.98 Å². The van der Waals surface area contributed by atoms with Gasteiger partial charge in [0, 0.05) is 31.0 Å². The number of carbonyl (C=O) groups is 2. The summed E-state index contributed by atoms with van der Waals surface area (Å²) in [6.45, 7) is 4.56. The average Bonchev–Trinajstić information content (AvgIpc) is 3.54. The van der Waals surface area contributed by atoms with Crippen LogP contribution in [-0.4, -0.2) is 57.9 Å². The number of aromatic nitrogens is 2. The van der Waals surface area contributed by atoms with Crippen molar-refractivity contribution < 1.29 is 14.3 Å². The first-order chi connectivity index (χ1) is 15.0. The molecule has 2 aromatic rings. The fraction of sp³-hybridized carbons (Fsp3) is 0.545. The summed E-state index contributed by atoms with van der Waals surface area (Å²) in [6, 6.07) is 3.58. The van der Waals surface area contributed by atoms with Gasteiger partial charge in [0.15, 0.2) is 0 Å². The normalized spacial score (nSPS) is 23.3. The molecular formula is C22H26N4O4S. The van der Waals surface area contributed by atoms with Gasteiger partial charge in [-0.2, -0.15) is 0 Å². The highest BCUT2D eigenvalue weighted by Gasteiger charge is 2.37. The standard InChI is InChI=1S/C22H26N4O4S/c1-13-4-5-18(31-13)22(29)25-9-6-16-15(11-25)20(27)24-19(23-16)17-3-2-8-26(17)21(28)14-7-10-30-12-14/h4-5,14,17H,2-3,6-12H2,1H3,(H,23,24,27)/t14-,17-/m0/s1. The van der Waals surface area contributed by atoms with E-state index >= 15 is 0 Å². The third-order valence-corrected chi connectivity index (χ3v) is 7.44. The highest BCUT2D eigenvalue weighted by Crippen LogP contribution is 2.33. The molecule has 3 aliphatic heterocycles. The number of hydrogen-bond donors (Lipinski definition) is 1. The van der Waals surface area contributed by atoms with Crippen molar-refractivity contribution in [2.24, 2.45) is 5.92 Å². The number of amides is 2. The summed E-state index contributed by atoms with van der Waals surface area (Å²) in [4.78, 5) is 51.7. The lowest BCUT2D eigenvalue weighted by Crippen LogP contribution is -2.41. The van der Waals surface area contributed by atoms with Crippen molar-refractivity contribution in [3.05, 3.63) is 49.3 Å². The number of thiophene rings is 1. The molecule has 164 valence electrons. The van der Waals surface area contributed by atoms with Gasteiger partial charge < -0.3 is 19.5 Å². The van der Waals surface area contributed by atoms with E-state index in [1.165, 1.54) is 11.3 Å². The Morgan fingerprint density at radius 2 is 2.13 bits per heavy atom. The number of nitrogens with zero attached hydrogens (tertiary/aromatic N) is 3. The zero-order valence-corrected chi connectivity index (χ0v) is 18.4. The molecule has 2 fully saturated rings. The first kappa shape index (κ1) is 20.4. The first-order valence-corrected chi connectivity index (χ1v) is 11.7. The Labute approximate surface area is 184 Å². The monoisotopic (exact) mass is 442 g/mol. The van der Waals surface area contributed by atoms with Crippen LogP contribution in [0.25, 0.3) is 0 Å². The van der Waals surface area contributed by atoms with Crippen LogP contribution in [0.2, 0.25) is 0 Å². The minimum Gasteiger partial charge on any atom is -0.381 e. The SMILES string of the molecule is Cc1ccc(C(=O)N2CCc3nc([C@@H]4CCCN4C(=O)[C@H]4CCOC4)[nH]c(=O)c3C2)s1. The number of fused-ring (bicyclic) bond motifs is 1. The van der Waals surface area contributed by atoms with E-state index in [1.54, 1.807) is 4.90 Å². The summed E-state index contributed by atoms with van der Waals surface area (Å²) < 4.78 is 5.38. The van der Waals surface area contributed by atoms with E-state index in [0.717, 1.165) is 29.8 Å². The van der Waals surface area contributed by atoms with E-state index in [0.29, 0.717) is 49.0 Å². The van der Waals surface area contributed by atoms with E-state index in [4.69, 9.17) is 9.72 Å². The second-order valence-corrected chi connectivity index (χ2v) is 9.80. The molecule has 2 saturated heterocycles. The van der Waals surface area contributed by atoms with Crippen molar-refractivity contribution in [2.45, 2.75) is 45.2 Å². The molecule has 5 heterocycles. The third-order valence-electron chi connectivity index (χ3n) is 6.46. The fourth-order valence-corrected chi connectivity index (χ4v) is 5.59. The van der Waals surface area contributed by atoms with Crippen LogP contribution in [0.1, 0.15) is 56.9 Å². The number of rotatable bonds is 3. The van der Waals surface area contributed by atoms with Crippen LogP contribution in [0.5, 0.6) is 0 Å². The molecule has 5 rings (SSSR count). The molecule has 9 heteroatoms. The van der Waals surface area contributed by atoms with Crippen LogP contribution in [-0.2, 0) is 22.5 Å². The topological polar surface area (TPSA) is 95.6 Å². The Balaban J connectivity index is 1.37. The van der Waals surface area contributed by atoms with Crippen LogP contribution in [0.15, 0.2) is 16.9 Å². The van der Waals surface area contributed by atoms with E-state index in [-0.39, 0.29) is 35.9 Å². The molecule has 0 aromatic carbocycles. The minimum atomic E-state index is -0.205. The van der Waals surface area contributed by atoms with Gasteiger partial charge in [-0.3, -0.25) is 14.4 Å². The maximum atomic E-state index is 12.9. The molecule has 0 aliphatic carbocycles. The summed E-state index contributed by atoms with van der Waals surface area (Å²) in [6.07, 6.45) is 2.99. The number of hydrogen-bond acceptors (Lipinski definition) is 6. The number of ether oxygens (including phenoxy) is 1. The van der Waals surface area contributed by atoms with E-state index < -0.39 is 0 Å². The highest BCUT2D eigenvalue weighted by atomic mass is 32.1. The van der Waals surface area contributed by atoms with E-state index in [9.17, 15) is 14.4 Å². The molecule has 2 atom stereocenters. The lowest BCUT2D eigenvalue weighted by atomic mass is 10.0. The molecule has 2 aromatic heterocycles. The van der Waals surface area contributed by atoms with Gasteiger partial charge >= 0.3 is 0 Å². The summed E-state index contributed by atoms with van der Waals surface area (Å²) in [5.74, 6) is 0.537. The van der Waals surface area contributed by atoms with Crippen LogP contribution in [0, 0.1) is 12.8 Å². The molecule has 0 radical (unpaired) electrons.